The summed E-state index contributed by atoms with van der Waals surface area (Å²) in [6.45, 7) is 8.88. The fraction of sp³-hybridized carbons (Fsp3) is 0.917. The van der Waals surface area contributed by atoms with Crippen LogP contribution in [0.5, 0.6) is 0 Å². The van der Waals surface area contributed by atoms with Crippen molar-refractivity contribution in [1.29, 1.82) is 0 Å². The predicted molar refractivity (Wildman–Crippen MR) is 73.0 cm³/mol. The lowest BCUT2D eigenvalue weighted by Crippen LogP contribution is -2.42. The van der Waals surface area contributed by atoms with Crippen LogP contribution in [0.1, 0.15) is 40.5 Å². The first kappa shape index (κ1) is 15.8. The van der Waals surface area contributed by atoms with Gasteiger partial charge < -0.3 is 10.6 Å². The fourth-order valence-corrected chi connectivity index (χ4v) is 2.16. The maximum atomic E-state index is 11.5. The molecule has 0 aromatic rings. The molecule has 0 aromatic heterocycles. The van der Waals surface area contributed by atoms with Crippen LogP contribution in [0, 0.1) is 0 Å². The topological polar surface area (TPSA) is 41.1 Å². The molecule has 0 heterocycles. The van der Waals surface area contributed by atoms with Crippen molar-refractivity contribution < 1.29 is 4.79 Å². The van der Waals surface area contributed by atoms with E-state index in [-0.39, 0.29) is 5.91 Å². The van der Waals surface area contributed by atoms with Gasteiger partial charge in [-0.15, -0.1) is 0 Å². The molecule has 96 valence electrons. The minimum Gasteiger partial charge on any atom is -0.353 e. The number of thioether (sulfide) groups is 1. The summed E-state index contributed by atoms with van der Waals surface area (Å²) in [5.74, 6) is 2.30. The van der Waals surface area contributed by atoms with E-state index in [0.29, 0.717) is 18.6 Å². The molecule has 0 saturated carbocycles. The van der Waals surface area contributed by atoms with Crippen molar-refractivity contribution in [2.24, 2.45) is 0 Å². The molecule has 2 atom stereocenters. The molecule has 0 saturated heterocycles. The Morgan fingerprint density at radius 3 is 2.50 bits per heavy atom. The predicted octanol–water partition coefficient (Wildman–Crippen LogP) is 2.02. The maximum Gasteiger partial charge on any atom is 0.234 e. The Morgan fingerprint density at radius 1 is 1.25 bits per heavy atom. The van der Waals surface area contributed by atoms with Crippen molar-refractivity contribution in [1.82, 2.24) is 10.6 Å². The van der Waals surface area contributed by atoms with E-state index in [1.807, 2.05) is 11.8 Å². The molecule has 1 amide bonds. The van der Waals surface area contributed by atoms with Gasteiger partial charge in [0.25, 0.3) is 0 Å². The van der Waals surface area contributed by atoms with Crippen LogP contribution >= 0.6 is 11.8 Å². The van der Waals surface area contributed by atoms with Gasteiger partial charge in [0, 0.05) is 17.8 Å². The van der Waals surface area contributed by atoms with Gasteiger partial charge in [-0.1, -0.05) is 20.3 Å². The molecule has 0 spiro atoms. The summed E-state index contributed by atoms with van der Waals surface area (Å²) < 4.78 is 0. The van der Waals surface area contributed by atoms with E-state index in [9.17, 15) is 4.79 Å². The number of rotatable bonds is 9. The van der Waals surface area contributed by atoms with Crippen LogP contribution in [0.4, 0.5) is 0 Å². The van der Waals surface area contributed by atoms with Gasteiger partial charge in [0.05, 0.1) is 6.54 Å². The second kappa shape index (κ2) is 9.97. The molecule has 2 N–H and O–H groups in total. The molecule has 0 aliphatic rings. The minimum absolute atomic E-state index is 0.106. The normalized spacial score (nSPS) is 14.5. The number of hydrogen-bond donors (Lipinski definition) is 2. The summed E-state index contributed by atoms with van der Waals surface area (Å²) in [7, 11) is 0. The molecule has 0 fully saturated rings. The highest BCUT2D eigenvalue weighted by Crippen LogP contribution is 2.00. The first-order chi connectivity index (χ1) is 7.60. The van der Waals surface area contributed by atoms with E-state index >= 15 is 0 Å². The smallest absolute Gasteiger partial charge is 0.234 e. The van der Waals surface area contributed by atoms with Crippen molar-refractivity contribution in [3.63, 3.8) is 0 Å². The Hall–Kier alpha value is -0.220. The number of nitrogens with one attached hydrogen (secondary N) is 2. The molecule has 0 rings (SSSR count). The summed E-state index contributed by atoms with van der Waals surface area (Å²) in [6, 6.07) is 0.691. The van der Waals surface area contributed by atoms with E-state index < -0.39 is 0 Å². The molecule has 0 radical (unpaired) electrons. The molecule has 0 aliphatic carbocycles. The molecule has 16 heavy (non-hydrogen) atoms. The van der Waals surface area contributed by atoms with Crippen LogP contribution in [-0.2, 0) is 4.79 Å². The monoisotopic (exact) mass is 246 g/mol. The summed E-state index contributed by atoms with van der Waals surface area (Å²) in [4.78, 5) is 11.5. The zero-order valence-electron chi connectivity index (χ0n) is 11.0. The third kappa shape index (κ3) is 9.04. The number of carbonyl (C=O) groups is 1. The molecular formula is C12H26N2OS. The molecule has 0 aromatic carbocycles. The molecule has 0 aliphatic heterocycles. The summed E-state index contributed by atoms with van der Waals surface area (Å²) in [6.07, 6.45) is 2.16. The second-order valence-electron chi connectivity index (χ2n) is 4.20. The number of carbonyl (C=O) groups excluding carboxylic acids is 1. The molecule has 3 nitrogen and oxygen atoms in total. The van der Waals surface area contributed by atoms with Gasteiger partial charge >= 0.3 is 0 Å². The molecular weight excluding hydrogens is 220 g/mol. The van der Waals surface area contributed by atoms with Crippen molar-refractivity contribution in [2.75, 3.05) is 18.1 Å². The van der Waals surface area contributed by atoms with Crippen LogP contribution in [0.3, 0.4) is 0 Å². The lowest BCUT2D eigenvalue weighted by Gasteiger charge is -2.15. The maximum absolute atomic E-state index is 11.5. The zero-order valence-corrected chi connectivity index (χ0v) is 11.8. The lowest BCUT2D eigenvalue weighted by atomic mass is 10.2. The van der Waals surface area contributed by atoms with Gasteiger partial charge in [-0.05, 0) is 26.0 Å². The molecule has 0 bridgehead atoms. The van der Waals surface area contributed by atoms with Crippen molar-refractivity contribution >= 4 is 17.7 Å². The average Bonchev–Trinajstić information content (AvgIpc) is 2.23. The zero-order chi connectivity index (χ0) is 12.4. The van der Waals surface area contributed by atoms with E-state index in [2.05, 4.69) is 38.3 Å². The molecule has 4 heteroatoms. The Labute approximate surface area is 104 Å². The minimum atomic E-state index is 0.106. The Balaban J connectivity index is 3.56. The van der Waals surface area contributed by atoms with Crippen molar-refractivity contribution in [3.05, 3.63) is 0 Å². The Kier molecular flexibility index (Phi) is 9.83. The third-order valence-electron chi connectivity index (χ3n) is 2.31. The summed E-state index contributed by atoms with van der Waals surface area (Å²) in [5.41, 5.74) is 0. The second-order valence-corrected chi connectivity index (χ2v) is 5.52. The highest BCUT2D eigenvalue weighted by atomic mass is 32.2. The van der Waals surface area contributed by atoms with Crippen LogP contribution in [0.25, 0.3) is 0 Å². The van der Waals surface area contributed by atoms with Crippen molar-refractivity contribution in [3.8, 4) is 0 Å². The van der Waals surface area contributed by atoms with Crippen molar-refractivity contribution in [2.45, 2.75) is 52.6 Å². The average molecular weight is 246 g/mol. The van der Waals surface area contributed by atoms with E-state index in [4.69, 9.17) is 0 Å². The molecule has 2 unspecified atom stereocenters. The van der Waals surface area contributed by atoms with Crippen LogP contribution < -0.4 is 10.6 Å². The summed E-state index contributed by atoms with van der Waals surface area (Å²) in [5, 5.41) is 6.22. The Bertz CT molecular complexity index is 188. The van der Waals surface area contributed by atoms with Gasteiger partial charge in [0.2, 0.25) is 5.91 Å². The number of amides is 1. The van der Waals surface area contributed by atoms with E-state index in [1.165, 1.54) is 0 Å². The van der Waals surface area contributed by atoms with Gasteiger partial charge in [-0.3, -0.25) is 4.79 Å². The highest BCUT2D eigenvalue weighted by Gasteiger charge is 2.07. The number of hydrogen-bond acceptors (Lipinski definition) is 3. The standard InChI is InChI=1S/C12H26N2OS/c1-5-7-10(3)14-12(15)8-13-11(4)9-16-6-2/h10-11,13H,5-9H2,1-4H3,(H,14,15). The highest BCUT2D eigenvalue weighted by molar-refractivity contribution is 7.99. The van der Waals surface area contributed by atoms with Gasteiger partial charge in [-0.2, -0.15) is 11.8 Å². The van der Waals surface area contributed by atoms with Crippen LogP contribution in [0.2, 0.25) is 0 Å². The van der Waals surface area contributed by atoms with Crippen LogP contribution in [-0.4, -0.2) is 36.0 Å². The lowest BCUT2D eigenvalue weighted by molar-refractivity contribution is -0.120. The largest absolute Gasteiger partial charge is 0.353 e. The first-order valence-electron chi connectivity index (χ1n) is 6.20. The van der Waals surface area contributed by atoms with Gasteiger partial charge in [0.1, 0.15) is 0 Å². The summed E-state index contributed by atoms with van der Waals surface area (Å²) >= 11 is 1.90. The Morgan fingerprint density at radius 2 is 1.94 bits per heavy atom. The quantitative estimate of drug-likeness (QED) is 0.654. The van der Waals surface area contributed by atoms with Crippen LogP contribution in [0.15, 0.2) is 0 Å². The van der Waals surface area contributed by atoms with E-state index in [0.717, 1.165) is 24.3 Å². The first-order valence-corrected chi connectivity index (χ1v) is 7.36. The van der Waals surface area contributed by atoms with Gasteiger partial charge in [-0.25, -0.2) is 0 Å². The fourth-order valence-electron chi connectivity index (χ4n) is 1.45. The van der Waals surface area contributed by atoms with E-state index in [1.54, 1.807) is 0 Å². The SMILES string of the molecule is CCCC(C)NC(=O)CNC(C)CSCC. The third-order valence-corrected chi connectivity index (χ3v) is 3.46. The van der Waals surface area contributed by atoms with Gasteiger partial charge in [0.15, 0.2) is 0 Å².